The number of aryl methyl sites for hydroxylation is 1. The van der Waals surface area contributed by atoms with Crippen LogP contribution in [0.15, 0.2) is 29.9 Å². The van der Waals surface area contributed by atoms with Crippen molar-refractivity contribution in [1.82, 2.24) is 15.0 Å². The summed E-state index contributed by atoms with van der Waals surface area (Å²) in [5, 5.41) is 9.46. The van der Waals surface area contributed by atoms with Crippen LogP contribution in [0.3, 0.4) is 0 Å². The summed E-state index contributed by atoms with van der Waals surface area (Å²) in [5.74, 6) is -0.122. The summed E-state index contributed by atoms with van der Waals surface area (Å²) in [5.41, 5.74) is 2.89. The van der Waals surface area contributed by atoms with Gasteiger partial charge >= 0.3 is 0 Å². The first kappa shape index (κ1) is 15.6. The first-order chi connectivity index (χ1) is 11.1. The molecule has 23 heavy (non-hydrogen) atoms. The van der Waals surface area contributed by atoms with Crippen LogP contribution >= 0.6 is 22.7 Å². The van der Waals surface area contributed by atoms with E-state index in [1.807, 2.05) is 24.4 Å². The Bertz CT molecular complexity index is 812. The second-order valence-electron chi connectivity index (χ2n) is 4.86. The van der Waals surface area contributed by atoms with Gasteiger partial charge in [-0.15, -0.1) is 11.3 Å². The average molecular weight is 345 g/mol. The highest BCUT2D eigenvalue weighted by Crippen LogP contribution is 2.34. The van der Waals surface area contributed by atoms with Crippen molar-refractivity contribution < 1.29 is 4.79 Å². The molecule has 3 aromatic rings. The Morgan fingerprint density at radius 2 is 2.00 bits per heavy atom. The third-order valence-corrected chi connectivity index (χ3v) is 4.90. The molecule has 3 aromatic heterocycles. The number of carbonyl (C=O) groups excluding carboxylic acids is 1. The van der Waals surface area contributed by atoms with Crippen LogP contribution in [0.1, 0.15) is 18.2 Å². The van der Waals surface area contributed by atoms with Crippen molar-refractivity contribution in [3.8, 4) is 10.6 Å². The highest BCUT2D eigenvalue weighted by atomic mass is 32.1. The number of hydrogen-bond donors (Lipinski definition) is 2. The number of hydrogen-bond acceptors (Lipinski definition) is 7. The molecule has 2 N–H and O–H groups in total. The van der Waals surface area contributed by atoms with Gasteiger partial charge in [0.1, 0.15) is 0 Å². The van der Waals surface area contributed by atoms with Crippen molar-refractivity contribution in [2.24, 2.45) is 0 Å². The van der Waals surface area contributed by atoms with Crippen molar-refractivity contribution in [2.45, 2.75) is 20.4 Å². The van der Waals surface area contributed by atoms with Gasteiger partial charge in [-0.1, -0.05) is 11.3 Å². The van der Waals surface area contributed by atoms with Crippen molar-refractivity contribution in [3.63, 3.8) is 0 Å². The standard InChI is InChI=1S/C15H15N5OS2/c1-9-13(23-15(18-9)19-10(2)21)12-8-22-14(20-12)17-7-11-3-5-16-6-4-11/h3-6,8H,7H2,1-2H3,(H,17,20)(H,18,19,21). The molecule has 3 rings (SSSR count). The summed E-state index contributed by atoms with van der Waals surface area (Å²) in [6.07, 6.45) is 3.54. The second-order valence-corrected chi connectivity index (χ2v) is 6.72. The van der Waals surface area contributed by atoms with Crippen molar-refractivity contribution in [2.75, 3.05) is 10.6 Å². The van der Waals surface area contributed by atoms with E-state index in [0.29, 0.717) is 11.7 Å². The number of anilines is 2. The van der Waals surface area contributed by atoms with Crippen molar-refractivity contribution in [1.29, 1.82) is 0 Å². The molecule has 6 nitrogen and oxygen atoms in total. The summed E-state index contributed by atoms with van der Waals surface area (Å²) in [7, 11) is 0. The molecule has 0 radical (unpaired) electrons. The molecule has 1 amide bonds. The Hall–Kier alpha value is -2.32. The van der Waals surface area contributed by atoms with Gasteiger partial charge in [0.05, 0.1) is 16.3 Å². The maximum absolute atomic E-state index is 11.1. The summed E-state index contributed by atoms with van der Waals surface area (Å²) < 4.78 is 0. The van der Waals surface area contributed by atoms with Crippen LogP contribution in [0.25, 0.3) is 10.6 Å². The summed E-state index contributed by atoms with van der Waals surface area (Å²) in [6, 6.07) is 3.93. The third kappa shape index (κ3) is 3.91. The largest absolute Gasteiger partial charge is 0.357 e. The van der Waals surface area contributed by atoms with Gasteiger partial charge in [-0.25, -0.2) is 9.97 Å². The minimum atomic E-state index is -0.122. The zero-order chi connectivity index (χ0) is 16.2. The van der Waals surface area contributed by atoms with Crippen LogP contribution in [-0.4, -0.2) is 20.9 Å². The molecule has 0 fully saturated rings. The molecule has 3 heterocycles. The molecular weight excluding hydrogens is 330 g/mol. The van der Waals surface area contributed by atoms with Gasteiger partial charge < -0.3 is 10.6 Å². The molecule has 0 unspecified atom stereocenters. The summed E-state index contributed by atoms with van der Waals surface area (Å²) in [4.78, 5) is 25.0. The summed E-state index contributed by atoms with van der Waals surface area (Å²) in [6.45, 7) is 4.09. The van der Waals surface area contributed by atoms with Gasteiger partial charge in [-0.2, -0.15) is 0 Å². The second kappa shape index (κ2) is 6.84. The number of thiazole rings is 2. The maximum atomic E-state index is 11.1. The quantitative estimate of drug-likeness (QED) is 0.739. The molecule has 0 aliphatic heterocycles. The van der Waals surface area contributed by atoms with E-state index < -0.39 is 0 Å². The van der Waals surface area contributed by atoms with Crippen molar-refractivity contribution in [3.05, 3.63) is 41.2 Å². The molecule has 0 saturated carbocycles. The van der Waals surface area contributed by atoms with E-state index in [1.165, 1.54) is 18.3 Å². The number of amides is 1. The molecule has 0 atom stereocenters. The van der Waals surface area contributed by atoms with E-state index in [-0.39, 0.29) is 5.91 Å². The highest BCUT2D eigenvalue weighted by molar-refractivity contribution is 7.19. The Labute approximate surface area is 141 Å². The minimum Gasteiger partial charge on any atom is -0.357 e. The monoisotopic (exact) mass is 345 g/mol. The molecular formula is C15H15N5OS2. The maximum Gasteiger partial charge on any atom is 0.223 e. The van der Waals surface area contributed by atoms with Crippen molar-refractivity contribution >= 4 is 38.8 Å². The molecule has 0 aliphatic rings. The van der Waals surface area contributed by atoms with Gasteiger partial charge in [-0.3, -0.25) is 9.78 Å². The Balaban J connectivity index is 1.71. The fourth-order valence-electron chi connectivity index (χ4n) is 1.98. The van der Waals surface area contributed by atoms with Gasteiger partial charge in [-0.05, 0) is 24.6 Å². The molecule has 0 saturated heterocycles. The van der Waals surface area contributed by atoms with E-state index in [9.17, 15) is 4.79 Å². The number of nitrogens with one attached hydrogen (secondary N) is 2. The first-order valence-corrected chi connectivity index (χ1v) is 8.65. The van der Waals surface area contributed by atoms with Gasteiger partial charge in [0.25, 0.3) is 0 Å². The van der Waals surface area contributed by atoms with Crippen LogP contribution in [-0.2, 0) is 11.3 Å². The number of carbonyl (C=O) groups is 1. The fourth-order valence-corrected chi connectivity index (χ4v) is 3.72. The first-order valence-electron chi connectivity index (χ1n) is 6.95. The molecule has 0 bridgehead atoms. The smallest absolute Gasteiger partial charge is 0.223 e. The van der Waals surface area contributed by atoms with Crippen LogP contribution in [0.4, 0.5) is 10.3 Å². The lowest BCUT2D eigenvalue weighted by molar-refractivity contribution is -0.114. The Morgan fingerprint density at radius 3 is 2.74 bits per heavy atom. The molecule has 0 aromatic carbocycles. The van der Waals surface area contributed by atoms with E-state index in [1.54, 1.807) is 23.7 Å². The normalized spacial score (nSPS) is 10.5. The minimum absolute atomic E-state index is 0.122. The lowest BCUT2D eigenvalue weighted by atomic mass is 10.3. The predicted octanol–water partition coefficient (Wildman–Crippen LogP) is 3.54. The number of aromatic nitrogens is 3. The lowest BCUT2D eigenvalue weighted by Gasteiger charge is -2.01. The van der Waals surface area contributed by atoms with E-state index in [4.69, 9.17) is 0 Å². The zero-order valence-corrected chi connectivity index (χ0v) is 14.3. The predicted molar refractivity (Wildman–Crippen MR) is 93.8 cm³/mol. The van der Waals surface area contributed by atoms with E-state index >= 15 is 0 Å². The topological polar surface area (TPSA) is 79.8 Å². The highest BCUT2D eigenvalue weighted by Gasteiger charge is 2.13. The number of pyridine rings is 1. The Kier molecular flexibility index (Phi) is 4.63. The third-order valence-electron chi connectivity index (χ3n) is 3.01. The van der Waals surface area contributed by atoms with Gasteiger partial charge in [0, 0.05) is 31.2 Å². The fraction of sp³-hybridized carbons (Fsp3) is 0.200. The van der Waals surface area contributed by atoms with Gasteiger partial charge in [0.15, 0.2) is 10.3 Å². The van der Waals surface area contributed by atoms with E-state index in [2.05, 4.69) is 25.6 Å². The molecule has 0 spiro atoms. The van der Waals surface area contributed by atoms with Crippen LogP contribution in [0.2, 0.25) is 0 Å². The molecule has 118 valence electrons. The number of rotatable bonds is 5. The average Bonchev–Trinajstić information content (AvgIpc) is 3.12. The number of nitrogens with zero attached hydrogens (tertiary/aromatic N) is 3. The van der Waals surface area contributed by atoms with E-state index in [0.717, 1.165) is 27.0 Å². The van der Waals surface area contributed by atoms with Crippen LogP contribution in [0, 0.1) is 6.92 Å². The molecule has 8 heteroatoms. The summed E-state index contributed by atoms with van der Waals surface area (Å²) >= 11 is 2.98. The Morgan fingerprint density at radius 1 is 1.22 bits per heavy atom. The molecule has 0 aliphatic carbocycles. The lowest BCUT2D eigenvalue weighted by Crippen LogP contribution is -2.04. The van der Waals surface area contributed by atoms with Crippen LogP contribution in [0.5, 0.6) is 0 Å². The SMILES string of the molecule is CC(=O)Nc1nc(C)c(-c2csc(NCc3ccncc3)n2)s1. The van der Waals surface area contributed by atoms with Gasteiger partial charge in [0.2, 0.25) is 5.91 Å². The zero-order valence-electron chi connectivity index (χ0n) is 12.7. The van der Waals surface area contributed by atoms with Crippen LogP contribution < -0.4 is 10.6 Å².